The summed E-state index contributed by atoms with van der Waals surface area (Å²) in [5.74, 6) is 0.0637. The molecule has 24 heavy (non-hydrogen) atoms. The number of nitrogens with two attached hydrogens (primary N) is 1. The maximum absolute atomic E-state index is 12.7. The quantitative estimate of drug-likeness (QED) is 0.939. The van der Waals surface area contributed by atoms with Gasteiger partial charge in [0.15, 0.2) is 0 Å². The van der Waals surface area contributed by atoms with E-state index in [0.717, 1.165) is 38.2 Å². The minimum absolute atomic E-state index is 0.0637. The smallest absolute Gasteiger partial charge is 0.239 e. The Morgan fingerprint density at radius 1 is 0.917 bits per heavy atom. The molecule has 2 aromatic carbocycles. The van der Waals surface area contributed by atoms with E-state index in [-0.39, 0.29) is 5.91 Å². The van der Waals surface area contributed by atoms with E-state index in [1.165, 1.54) is 5.69 Å². The number of rotatable bonds is 4. The average Bonchev–Trinajstić information content (AvgIpc) is 2.89. The van der Waals surface area contributed by atoms with Crippen LogP contribution < -0.4 is 10.6 Å². The van der Waals surface area contributed by atoms with Gasteiger partial charge in [-0.1, -0.05) is 48.5 Å². The van der Waals surface area contributed by atoms with Gasteiger partial charge in [0.05, 0.1) is 6.04 Å². The molecule has 2 N–H and O–H groups in total. The van der Waals surface area contributed by atoms with Crippen LogP contribution in [0.25, 0.3) is 0 Å². The highest BCUT2D eigenvalue weighted by Gasteiger charge is 2.24. The van der Waals surface area contributed by atoms with Gasteiger partial charge in [-0.25, -0.2) is 0 Å². The van der Waals surface area contributed by atoms with Gasteiger partial charge in [-0.2, -0.15) is 0 Å². The van der Waals surface area contributed by atoms with E-state index in [9.17, 15) is 4.79 Å². The standard InChI is InChI=1S/C20H25N3O/c21-19(16-17-8-3-1-4-9-17)20(24)23-13-7-12-22(14-15-23)18-10-5-2-6-11-18/h1-6,8-11,19H,7,12-16,21H2. The first-order valence-electron chi connectivity index (χ1n) is 8.62. The van der Waals surface area contributed by atoms with E-state index < -0.39 is 6.04 Å². The summed E-state index contributed by atoms with van der Waals surface area (Å²) in [6.45, 7) is 3.34. The number of hydrogen-bond donors (Lipinski definition) is 1. The van der Waals surface area contributed by atoms with Crippen molar-refractivity contribution in [2.24, 2.45) is 5.73 Å². The highest BCUT2D eigenvalue weighted by Crippen LogP contribution is 2.16. The number of carbonyl (C=O) groups excluding carboxylic acids is 1. The van der Waals surface area contributed by atoms with Crippen LogP contribution >= 0.6 is 0 Å². The Balaban J connectivity index is 1.58. The third-order valence-electron chi connectivity index (χ3n) is 4.54. The molecule has 2 aromatic rings. The normalized spacial score (nSPS) is 16.5. The van der Waals surface area contributed by atoms with Gasteiger partial charge >= 0.3 is 0 Å². The summed E-state index contributed by atoms with van der Waals surface area (Å²) < 4.78 is 0. The highest BCUT2D eigenvalue weighted by molar-refractivity contribution is 5.82. The molecule has 0 bridgehead atoms. The number of para-hydroxylation sites is 1. The number of benzene rings is 2. The second-order valence-electron chi connectivity index (χ2n) is 6.30. The third-order valence-corrected chi connectivity index (χ3v) is 4.54. The molecule has 1 aliphatic heterocycles. The fourth-order valence-electron chi connectivity index (χ4n) is 3.22. The lowest BCUT2D eigenvalue weighted by Crippen LogP contribution is -2.46. The summed E-state index contributed by atoms with van der Waals surface area (Å²) in [5.41, 5.74) is 8.50. The first-order chi connectivity index (χ1) is 11.7. The van der Waals surface area contributed by atoms with Gasteiger partial charge < -0.3 is 15.5 Å². The van der Waals surface area contributed by atoms with Crippen LogP contribution in [-0.4, -0.2) is 43.0 Å². The first kappa shape index (κ1) is 16.5. The lowest BCUT2D eigenvalue weighted by atomic mass is 10.1. The van der Waals surface area contributed by atoms with Crippen molar-refractivity contribution in [2.45, 2.75) is 18.9 Å². The van der Waals surface area contributed by atoms with Crippen molar-refractivity contribution < 1.29 is 4.79 Å². The highest BCUT2D eigenvalue weighted by atomic mass is 16.2. The van der Waals surface area contributed by atoms with Crippen molar-refractivity contribution in [3.8, 4) is 0 Å². The number of hydrogen-bond acceptors (Lipinski definition) is 3. The molecule has 4 heteroatoms. The topological polar surface area (TPSA) is 49.6 Å². The van der Waals surface area contributed by atoms with Crippen molar-refractivity contribution in [1.29, 1.82) is 0 Å². The molecule has 0 radical (unpaired) electrons. The van der Waals surface area contributed by atoms with Crippen LogP contribution in [-0.2, 0) is 11.2 Å². The van der Waals surface area contributed by atoms with Crippen molar-refractivity contribution in [1.82, 2.24) is 4.90 Å². The molecule has 0 aliphatic carbocycles. The van der Waals surface area contributed by atoms with E-state index in [0.29, 0.717) is 6.42 Å². The van der Waals surface area contributed by atoms with E-state index in [4.69, 9.17) is 5.73 Å². The fourth-order valence-corrected chi connectivity index (χ4v) is 3.22. The Morgan fingerprint density at radius 3 is 2.29 bits per heavy atom. The zero-order chi connectivity index (χ0) is 16.8. The van der Waals surface area contributed by atoms with Crippen LogP contribution in [0.1, 0.15) is 12.0 Å². The lowest BCUT2D eigenvalue weighted by Gasteiger charge is -2.25. The molecule has 1 unspecified atom stereocenters. The van der Waals surface area contributed by atoms with Gasteiger partial charge in [0.25, 0.3) is 0 Å². The van der Waals surface area contributed by atoms with Crippen LogP contribution in [0.15, 0.2) is 60.7 Å². The van der Waals surface area contributed by atoms with Crippen LogP contribution in [0, 0.1) is 0 Å². The third kappa shape index (κ3) is 4.15. The Hall–Kier alpha value is -2.33. The second-order valence-corrected chi connectivity index (χ2v) is 6.30. The van der Waals surface area contributed by atoms with Crippen molar-refractivity contribution in [2.75, 3.05) is 31.1 Å². The largest absolute Gasteiger partial charge is 0.370 e. The Morgan fingerprint density at radius 2 is 1.58 bits per heavy atom. The van der Waals surface area contributed by atoms with Gasteiger partial charge in [-0.15, -0.1) is 0 Å². The monoisotopic (exact) mass is 323 g/mol. The van der Waals surface area contributed by atoms with Crippen LogP contribution in [0.4, 0.5) is 5.69 Å². The molecule has 0 saturated carbocycles. The Bertz CT molecular complexity index is 644. The van der Waals surface area contributed by atoms with Crippen molar-refractivity contribution in [3.63, 3.8) is 0 Å². The molecule has 0 spiro atoms. The SMILES string of the molecule is NC(Cc1ccccc1)C(=O)N1CCCN(c2ccccc2)CC1. The number of anilines is 1. The van der Waals surface area contributed by atoms with Crippen LogP contribution in [0.3, 0.4) is 0 Å². The predicted molar refractivity (Wildman–Crippen MR) is 98.0 cm³/mol. The molecule has 1 heterocycles. The molecule has 1 fully saturated rings. The summed E-state index contributed by atoms with van der Waals surface area (Å²) in [5, 5.41) is 0. The Kier molecular flexibility index (Phi) is 5.49. The van der Waals surface area contributed by atoms with Crippen LogP contribution in [0.5, 0.6) is 0 Å². The maximum atomic E-state index is 12.7. The van der Waals surface area contributed by atoms with Crippen molar-refractivity contribution in [3.05, 3.63) is 66.2 Å². The summed E-state index contributed by atoms with van der Waals surface area (Å²) in [6.07, 6.45) is 1.57. The van der Waals surface area contributed by atoms with Gasteiger partial charge in [-0.05, 0) is 30.5 Å². The zero-order valence-electron chi connectivity index (χ0n) is 14.0. The van der Waals surface area contributed by atoms with Crippen molar-refractivity contribution >= 4 is 11.6 Å². The molecular formula is C20H25N3O. The first-order valence-corrected chi connectivity index (χ1v) is 8.62. The minimum atomic E-state index is -0.462. The number of carbonyl (C=O) groups is 1. The zero-order valence-corrected chi connectivity index (χ0v) is 14.0. The summed E-state index contributed by atoms with van der Waals surface area (Å²) in [6, 6.07) is 19.9. The molecule has 0 aromatic heterocycles. The molecule has 3 rings (SSSR count). The predicted octanol–water partition coefficient (Wildman–Crippen LogP) is 2.30. The Labute approximate surface area is 143 Å². The van der Waals surface area contributed by atoms with Gasteiger partial charge in [0.2, 0.25) is 5.91 Å². The summed E-state index contributed by atoms with van der Waals surface area (Å²) in [4.78, 5) is 17.0. The van der Waals surface area contributed by atoms with Gasteiger partial charge in [-0.3, -0.25) is 4.79 Å². The van der Waals surface area contributed by atoms with E-state index in [2.05, 4.69) is 29.2 Å². The molecule has 1 aliphatic rings. The van der Waals surface area contributed by atoms with E-state index in [1.807, 2.05) is 41.3 Å². The molecular weight excluding hydrogens is 298 g/mol. The molecule has 1 atom stereocenters. The summed E-state index contributed by atoms with van der Waals surface area (Å²) in [7, 11) is 0. The molecule has 4 nitrogen and oxygen atoms in total. The average molecular weight is 323 g/mol. The molecule has 1 amide bonds. The summed E-state index contributed by atoms with van der Waals surface area (Å²) >= 11 is 0. The second kappa shape index (κ2) is 7.97. The molecule has 126 valence electrons. The fraction of sp³-hybridized carbons (Fsp3) is 0.350. The lowest BCUT2D eigenvalue weighted by molar-refractivity contribution is -0.132. The van der Waals surface area contributed by atoms with Crippen LogP contribution in [0.2, 0.25) is 0 Å². The maximum Gasteiger partial charge on any atom is 0.239 e. The molecule has 1 saturated heterocycles. The van der Waals surface area contributed by atoms with E-state index in [1.54, 1.807) is 0 Å². The number of nitrogens with zero attached hydrogens (tertiary/aromatic N) is 2. The van der Waals surface area contributed by atoms with Gasteiger partial charge in [0, 0.05) is 31.9 Å². The minimum Gasteiger partial charge on any atom is -0.370 e. The van der Waals surface area contributed by atoms with Gasteiger partial charge in [0.1, 0.15) is 0 Å². The van der Waals surface area contributed by atoms with E-state index >= 15 is 0 Å². The number of amides is 1.